The Morgan fingerprint density at radius 2 is 2.00 bits per heavy atom. The molecule has 1 atom stereocenters. The van der Waals surface area contributed by atoms with Gasteiger partial charge in [-0.1, -0.05) is 29.8 Å². The summed E-state index contributed by atoms with van der Waals surface area (Å²) in [6, 6.07) is 5.09. The van der Waals surface area contributed by atoms with E-state index in [1.54, 1.807) is 0 Å². The zero-order valence-corrected chi connectivity index (χ0v) is 12.3. The van der Waals surface area contributed by atoms with Crippen LogP contribution < -0.4 is 11.1 Å². The molecule has 1 unspecified atom stereocenters. The minimum Gasteiger partial charge on any atom is -0.324 e. The van der Waals surface area contributed by atoms with Crippen LogP contribution in [-0.4, -0.2) is 11.9 Å². The molecule has 0 spiro atoms. The Bertz CT molecular complexity index is 394. The summed E-state index contributed by atoms with van der Waals surface area (Å²) in [6.45, 7) is 3.83. The van der Waals surface area contributed by atoms with Gasteiger partial charge in [-0.2, -0.15) is 0 Å². The highest BCUT2D eigenvalue weighted by molar-refractivity contribution is 9.11. The van der Waals surface area contributed by atoms with E-state index in [0.717, 1.165) is 14.6 Å². The first-order valence-electron chi connectivity index (χ1n) is 4.93. The van der Waals surface area contributed by atoms with Gasteiger partial charge in [-0.25, -0.2) is 0 Å². The molecule has 0 saturated carbocycles. The third-order valence-electron chi connectivity index (χ3n) is 2.21. The molecular formula is C11H14Br2N2O. The number of anilines is 1. The molecule has 5 heteroatoms. The second-order valence-corrected chi connectivity index (χ2v) is 5.65. The molecule has 0 saturated heterocycles. The fraction of sp³-hybridized carbons (Fsp3) is 0.364. The van der Waals surface area contributed by atoms with Crippen LogP contribution in [0.5, 0.6) is 0 Å². The van der Waals surface area contributed by atoms with Gasteiger partial charge in [0, 0.05) is 8.95 Å². The van der Waals surface area contributed by atoms with Crippen molar-refractivity contribution in [1.29, 1.82) is 0 Å². The van der Waals surface area contributed by atoms with Crippen LogP contribution in [0.15, 0.2) is 27.1 Å². The number of benzene rings is 1. The maximum atomic E-state index is 11.7. The standard InChI is InChI=1S/C11H14Br2N2O/c1-6(2)10(14)11(16)15-9-5-7(12)3-4-8(9)13/h3-6,10H,14H2,1-2H3,(H,15,16). The van der Waals surface area contributed by atoms with E-state index in [1.807, 2.05) is 32.0 Å². The summed E-state index contributed by atoms with van der Waals surface area (Å²) < 4.78 is 1.74. The van der Waals surface area contributed by atoms with Crippen LogP contribution in [0.1, 0.15) is 13.8 Å². The third kappa shape index (κ3) is 3.57. The van der Waals surface area contributed by atoms with Crippen LogP contribution in [0.2, 0.25) is 0 Å². The summed E-state index contributed by atoms with van der Waals surface area (Å²) in [5, 5.41) is 2.79. The molecule has 3 N–H and O–H groups in total. The highest BCUT2D eigenvalue weighted by Crippen LogP contribution is 2.26. The van der Waals surface area contributed by atoms with E-state index in [1.165, 1.54) is 0 Å². The summed E-state index contributed by atoms with van der Waals surface area (Å²) in [4.78, 5) is 11.7. The molecule has 16 heavy (non-hydrogen) atoms. The number of nitrogens with two attached hydrogens (primary N) is 1. The molecule has 3 nitrogen and oxygen atoms in total. The van der Waals surface area contributed by atoms with Gasteiger partial charge in [0.2, 0.25) is 5.91 Å². The first-order chi connectivity index (χ1) is 7.41. The number of nitrogens with one attached hydrogen (secondary N) is 1. The zero-order valence-electron chi connectivity index (χ0n) is 9.13. The van der Waals surface area contributed by atoms with Crippen molar-refractivity contribution in [2.24, 2.45) is 11.7 Å². The first kappa shape index (κ1) is 13.7. The number of amides is 1. The van der Waals surface area contributed by atoms with E-state index >= 15 is 0 Å². The molecule has 0 aliphatic carbocycles. The first-order valence-corrected chi connectivity index (χ1v) is 6.52. The number of halogens is 2. The molecule has 1 rings (SSSR count). The zero-order chi connectivity index (χ0) is 12.3. The molecule has 1 aromatic carbocycles. The molecule has 1 amide bonds. The average molecular weight is 350 g/mol. The lowest BCUT2D eigenvalue weighted by Crippen LogP contribution is -2.39. The van der Waals surface area contributed by atoms with E-state index in [-0.39, 0.29) is 11.8 Å². The van der Waals surface area contributed by atoms with Gasteiger partial charge in [-0.15, -0.1) is 0 Å². The summed E-state index contributed by atoms with van der Waals surface area (Å²) in [6.07, 6.45) is 0. The smallest absolute Gasteiger partial charge is 0.241 e. The van der Waals surface area contributed by atoms with Crippen LogP contribution in [0.3, 0.4) is 0 Å². The molecule has 0 bridgehead atoms. The summed E-state index contributed by atoms with van der Waals surface area (Å²) in [5.74, 6) is -0.0558. The van der Waals surface area contributed by atoms with E-state index in [9.17, 15) is 4.79 Å². The Balaban J connectivity index is 2.80. The second kappa shape index (κ2) is 5.80. The molecule has 1 aromatic rings. The maximum Gasteiger partial charge on any atom is 0.241 e. The molecule has 0 aliphatic heterocycles. The molecule has 0 heterocycles. The number of hydrogen-bond acceptors (Lipinski definition) is 2. The van der Waals surface area contributed by atoms with Crippen molar-refractivity contribution in [2.75, 3.05) is 5.32 Å². The van der Waals surface area contributed by atoms with Crippen molar-refractivity contribution < 1.29 is 4.79 Å². The van der Waals surface area contributed by atoms with Gasteiger partial charge < -0.3 is 11.1 Å². The van der Waals surface area contributed by atoms with Crippen LogP contribution in [0.25, 0.3) is 0 Å². The van der Waals surface area contributed by atoms with Crippen molar-refractivity contribution in [3.05, 3.63) is 27.1 Å². The number of hydrogen-bond donors (Lipinski definition) is 2. The third-order valence-corrected chi connectivity index (χ3v) is 3.39. The predicted molar refractivity (Wildman–Crippen MR) is 73.3 cm³/mol. The monoisotopic (exact) mass is 348 g/mol. The quantitative estimate of drug-likeness (QED) is 0.880. The summed E-state index contributed by atoms with van der Waals surface area (Å²) in [5.41, 5.74) is 6.47. The highest BCUT2D eigenvalue weighted by Gasteiger charge is 2.17. The summed E-state index contributed by atoms with van der Waals surface area (Å²) in [7, 11) is 0. The number of carbonyl (C=O) groups is 1. The number of rotatable bonds is 3. The average Bonchev–Trinajstić information content (AvgIpc) is 2.22. The van der Waals surface area contributed by atoms with E-state index in [0.29, 0.717) is 0 Å². The molecule has 0 fully saturated rings. The summed E-state index contributed by atoms with van der Waals surface area (Å²) >= 11 is 6.72. The topological polar surface area (TPSA) is 55.1 Å². The predicted octanol–water partition coefficient (Wildman–Crippen LogP) is 3.13. The minimum atomic E-state index is -0.495. The lowest BCUT2D eigenvalue weighted by atomic mass is 10.1. The molecule has 0 aliphatic rings. The Labute approximate surface area is 112 Å². The van der Waals surface area contributed by atoms with E-state index < -0.39 is 6.04 Å². The fourth-order valence-electron chi connectivity index (χ4n) is 1.11. The Hall–Kier alpha value is -0.390. The fourth-order valence-corrected chi connectivity index (χ4v) is 1.82. The van der Waals surface area contributed by atoms with Crippen molar-refractivity contribution >= 4 is 43.5 Å². The van der Waals surface area contributed by atoms with Gasteiger partial charge in [-0.05, 0) is 40.0 Å². The minimum absolute atomic E-state index is 0.117. The van der Waals surface area contributed by atoms with Gasteiger partial charge in [0.25, 0.3) is 0 Å². The van der Waals surface area contributed by atoms with Crippen molar-refractivity contribution in [1.82, 2.24) is 0 Å². The Morgan fingerprint density at radius 3 is 2.56 bits per heavy atom. The lowest BCUT2D eigenvalue weighted by molar-refractivity contribution is -0.118. The van der Waals surface area contributed by atoms with Crippen molar-refractivity contribution in [3.8, 4) is 0 Å². The lowest BCUT2D eigenvalue weighted by Gasteiger charge is -2.16. The Kier molecular flexibility index (Phi) is 4.95. The van der Waals surface area contributed by atoms with Crippen LogP contribution >= 0.6 is 31.9 Å². The Morgan fingerprint density at radius 1 is 1.38 bits per heavy atom. The van der Waals surface area contributed by atoms with Crippen LogP contribution in [0, 0.1) is 5.92 Å². The van der Waals surface area contributed by atoms with E-state index in [4.69, 9.17) is 5.73 Å². The van der Waals surface area contributed by atoms with Gasteiger partial charge >= 0.3 is 0 Å². The van der Waals surface area contributed by atoms with Gasteiger partial charge in [0.15, 0.2) is 0 Å². The molecule has 0 aromatic heterocycles. The molecular weight excluding hydrogens is 336 g/mol. The van der Waals surface area contributed by atoms with Crippen molar-refractivity contribution in [3.63, 3.8) is 0 Å². The highest BCUT2D eigenvalue weighted by atomic mass is 79.9. The normalized spacial score (nSPS) is 12.6. The van der Waals surface area contributed by atoms with Crippen LogP contribution in [-0.2, 0) is 4.79 Å². The van der Waals surface area contributed by atoms with Crippen LogP contribution in [0.4, 0.5) is 5.69 Å². The maximum absolute atomic E-state index is 11.7. The van der Waals surface area contributed by atoms with Gasteiger partial charge in [0.1, 0.15) is 0 Å². The van der Waals surface area contributed by atoms with Gasteiger partial charge in [-0.3, -0.25) is 4.79 Å². The number of carbonyl (C=O) groups excluding carboxylic acids is 1. The van der Waals surface area contributed by atoms with Gasteiger partial charge in [0.05, 0.1) is 11.7 Å². The second-order valence-electron chi connectivity index (χ2n) is 3.88. The molecule has 88 valence electrons. The van der Waals surface area contributed by atoms with E-state index in [2.05, 4.69) is 37.2 Å². The SMILES string of the molecule is CC(C)C(N)C(=O)Nc1cc(Br)ccc1Br. The largest absolute Gasteiger partial charge is 0.324 e. The molecule has 0 radical (unpaired) electrons. The van der Waals surface area contributed by atoms with Crippen molar-refractivity contribution in [2.45, 2.75) is 19.9 Å².